The van der Waals surface area contributed by atoms with Crippen molar-refractivity contribution in [2.24, 2.45) is 0 Å². The van der Waals surface area contributed by atoms with Gasteiger partial charge in [-0.1, -0.05) is 30.3 Å². The Kier molecular flexibility index (Phi) is 2.89. The third-order valence-electron chi connectivity index (χ3n) is 4.07. The average Bonchev–Trinajstić information content (AvgIpc) is 2.55. The van der Waals surface area contributed by atoms with E-state index >= 15 is 0 Å². The molecule has 0 amide bonds. The summed E-state index contributed by atoms with van der Waals surface area (Å²) in [4.78, 5) is 14.2. The molecule has 0 spiro atoms. The van der Waals surface area contributed by atoms with E-state index in [0.717, 1.165) is 48.0 Å². The molecule has 0 bridgehead atoms. The lowest BCUT2D eigenvalue weighted by Gasteiger charge is -2.30. The molecule has 0 saturated carbocycles. The van der Waals surface area contributed by atoms with Gasteiger partial charge in [0.15, 0.2) is 0 Å². The zero-order valence-electron chi connectivity index (χ0n) is 11.6. The van der Waals surface area contributed by atoms with E-state index in [9.17, 15) is 4.79 Å². The van der Waals surface area contributed by atoms with Crippen LogP contribution < -0.4 is 15.8 Å². The highest BCUT2D eigenvalue weighted by molar-refractivity contribution is 6.08. The lowest BCUT2D eigenvalue weighted by atomic mass is 10.1. The molecule has 3 aromatic rings. The molecule has 2 aromatic carbocycles. The highest BCUT2D eigenvalue weighted by Gasteiger charge is 2.16. The molecule has 1 aromatic heterocycles. The fourth-order valence-electron chi connectivity index (χ4n) is 3.04. The van der Waals surface area contributed by atoms with Crippen LogP contribution in [0.3, 0.4) is 0 Å². The molecule has 4 rings (SSSR count). The molecule has 2 heterocycles. The lowest BCUT2D eigenvalue weighted by Crippen LogP contribution is -2.43. The van der Waals surface area contributed by atoms with Crippen molar-refractivity contribution >= 4 is 27.4 Å². The molecule has 0 unspecified atom stereocenters. The molecule has 4 heteroatoms. The maximum Gasteiger partial charge on any atom is 0.338 e. The molecule has 0 aliphatic carbocycles. The minimum atomic E-state index is -0.285. The number of rotatable bonds is 1. The van der Waals surface area contributed by atoms with Crippen LogP contribution in [0, 0.1) is 0 Å². The molecular formula is C17H16N2O2. The predicted octanol–water partition coefficient (Wildman–Crippen LogP) is 2.36. The van der Waals surface area contributed by atoms with Crippen LogP contribution in [0.25, 0.3) is 21.7 Å². The fraction of sp³-hybridized carbons (Fsp3) is 0.235. The van der Waals surface area contributed by atoms with Crippen LogP contribution in [-0.2, 0) is 0 Å². The first-order valence-corrected chi connectivity index (χ1v) is 7.24. The molecular weight excluding hydrogens is 264 g/mol. The number of nitrogens with zero attached hydrogens (tertiary/aromatic N) is 1. The summed E-state index contributed by atoms with van der Waals surface area (Å²) in [7, 11) is 0. The SMILES string of the molecule is O=c1cc(N2CCNCC2)c2ccc3ccccc3c2o1. The van der Waals surface area contributed by atoms with Gasteiger partial charge < -0.3 is 14.6 Å². The molecule has 1 N–H and O–H groups in total. The van der Waals surface area contributed by atoms with Gasteiger partial charge in [-0.2, -0.15) is 0 Å². The highest BCUT2D eigenvalue weighted by Crippen LogP contribution is 2.31. The van der Waals surface area contributed by atoms with E-state index in [1.165, 1.54) is 0 Å². The Hall–Kier alpha value is -2.33. The minimum absolute atomic E-state index is 0.285. The first-order chi connectivity index (χ1) is 10.3. The second kappa shape index (κ2) is 4.90. The zero-order chi connectivity index (χ0) is 14.2. The van der Waals surface area contributed by atoms with E-state index < -0.39 is 0 Å². The molecule has 0 atom stereocenters. The van der Waals surface area contributed by atoms with Crippen molar-refractivity contribution in [1.29, 1.82) is 0 Å². The lowest BCUT2D eigenvalue weighted by molar-refractivity contribution is 0.557. The van der Waals surface area contributed by atoms with Gasteiger partial charge in [0.05, 0.1) is 5.69 Å². The number of piperazine rings is 1. The van der Waals surface area contributed by atoms with Crippen molar-refractivity contribution in [3.05, 3.63) is 52.9 Å². The van der Waals surface area contributed by atoms with Crippen molar-refractivity contribution in [3.8, 4) is 0 Å². The van der Waals surface area contributed by atoms with Gasteiger partial charge in [-0.05, 0) is 11.5 Å². The van der Waals surface area contributed by atoms with Gasteiger partial charge in [-0.25, -0.2) is 4.79 Å². The van der Waals surface area contributed by atoms with Gasteiger partial charge in [0.2, 0.25) is 0 Å². The second-order valence-electron chi connectivity index (χ2n) is 5.35. The van der Waals surface area contributed by atoms with Crippen LogP contribution in [0.1, 0.15) is 0 Å². The Morgan fingerprint density at radius 2 is 1.81 bits per heavy atom. The number of nitrogens with one attached hydrogen (secondary N) is 1. The number of benzene rings is 2. The molecule has 21 heavy (non-hydrogen) atoms. The standard InChI is InChI=1S/C17H16N2O2/c20-16-11-15(19-9-7-18-8-10-19)14-6-5-12-3-1-2-4-13(12)17(14)21-16/h1-6,11,18H,7-10H2. The molecule has 1 saturated heterocycles. The van der Waals surface area contributed by atoms with E-state index in [4.69, 9.17) is 4.42 Å². The van der Waals surface area contributed by atoms with Gasteiger partial charge in [-0.3, -0.25) is 0 Å². The summed E-state index contributed by atoms with van der Waals surface area (Å²) in [5.41, 5.74) is 1.38. The fourth-order valence-corrected chi connectivity index (χ4v) is 3.04. The van der Waals surface area contributed by atoms with Crippen LogP contribution in [0.15, 0.2) is 51.7 Å². The second-order valence-corrected chi connectivity index (χ2v) is 5.35. The topological polar surface area (TPSA) is 45.5 Å². The third-order valence-corrected chi connectivity index (χ3v) is 4.07. The van der Waals surface area contributed by atoms with Gasteiger partial charge >= 0.3 is 5.63 Å². The molecule has 1 fully saturated rings. The van der Waals surface area contributed by atoms with Gasteiger partial charge in [0.1, 0.15) is 5.58 Å². The first-order valence-electron chi connectivity index (χ1n) is 7.24. The normalized spacial score (nSPS) is 15.7. The molecule has 1 aliphatic rings. The Morgan fingerprint density at radius 3 is 2.67 bits per heavy atom. The summed E-state index contributed by atoms with van der Waals surface area (Å²) in [5.74, 6) is 0. The van der Waals surface area contributed by atoms with E-state index in [1.54, 1.807) is 6.07 Å². The molecule has 0 radical (unpaired) electrons. The quantitative estimate of drug-likeness (QED) is 0.549. The summed E-state index contributed by atoms with van der Waals surface area (Å²) in [6.45, 7) is 3.70. The summed E-state index contributed by atoms with van der Waals surface area (Å²) in [6.07, 6.45) is 0. The number of hydrogen-bond donors (Lipinski definition) is 1. The van der Waals surface area contributed by atoms with E-state index in [-0.39, 0.29) is 5.63 Å². The van der Waals surface area contributed by atoms with E-state index in [1.807, 2.05) is 24.3 Å². The van der Waals surface area contributed by atoms with Crippen molar-refractivity contribution in [3.63, 3.8) is 0 Å². The van der Waals surface area contributed by atoms with E-state index in [2.05, 4.69) is 22.3 Å². The van der Waals surface area contributed by atoms with Crippen LogP contribution in [0.4, 0.5) is 5.69 Å². The average molecular weight is 280 g/mol. The van der Waals surface area contributed by atoms with Gasteiger partial charge in [0, 0.05) is 43.0 Å². The zero-order valence-corrected chi connectivity index (χ0v) is 11.6. The maximum atomic E-state index is 12.0. The van der Waals surface area contributed by atoms with Crippen LogP contribution in [0.2, 0.25) is 0 Å². The van der Waals surface area contributed by atoms with Crippen LogP contribution >= 0.6 is 0 Å². The summed E-state index contributed by atoms with van der Waals surface area (Å²) < 4.78 is 5.51. The monoisotopic (exact) mass is 280 g/mol. The number of hydrogen-bond acceptors (Lipinski definition) is 4. The Bertz CT molecular complexity index is 863. The van der Waals surface area contributed by atoms with Crippen molar-refractivity contribution in [1.82, 2.24) is 5.32 Å². The van der Waals surface area contributed by atoms with Crippen molar-refractivity contribution in [2.45, 2.75) is 0 Å². The summed E-state index contributed by atoms with van der Waals surface area (Å²) in [6, 6.07) is 13.8. The predicted molar refractivity (Wildman–Crippen MR) is 85.1 cm³/mol. The third kappa shape index (κ3) is 2.08. The molecule has 1 aliphatic heterocycles. The Labute approximate surface area is 122 Å². The highest BCUT2D eigenvalue weighted by atomic mass is 16.4. The minimum Gasteiger partial charge on any atom is -0.422 e. The van der Waals surface area contributed by atoms with E-state index in [0.29, 0.717) is 5.58 Å². The van der Waals surface area contributed by atoms with Crippen LogP contribution in [0.5, 0.6) is 0 Å². The number of fused-ring (bicyclic) bond motifs is 3. The summed E-state index contributed by atoms with van der Waals surface area (Å²) >= 11 is 0. The number of anilines is 1. The first kappa shape index (κ1) is 12.4. The largest absolute Gasteiger partial charge is 0.422 e. The maximum absolute atomic E-state index is 12.0. The van der Waals surface area contributed by atoms with Crippen molar-refractivity contribution < 1.29 is 4.42 Å². The Morgan fingerprint density at radius 1 is 1.00 bits per heavy atom. The van der Waals surface area contributed by atoms with Crippen molar-refractivity contribution in [2.75, 3.05) is 31.1 Å². The smallest absolute Gasteiger partial charge is 0.338 e. The molecule has 106 valence electrons. The van der Waals surface area contributed by atoms with Gasteiger partial charge in [0.25, 0.3) is 0 Å². The van der Waals surface area contributed by atoms with Gasteiger partial charge in [-0.15, -0.1) is 0 Å². The van der Waals surface area contributed by atoms with Crippen LogP contribution in [-0.4, -0.2) is 26.2 Å². The molecule has 4 nitrogen and oxygen atoms in total. The Balaban J connectivity index is 2.02. The summed E-state index contributed by atoms with van der Waals surface area (Å²) in [5, 5.41) is 6.42.